The van der Waals surface area contributed by atoms with E-state index >= 15 is 0 Å². The van der Waals surface area contributed by atoms with E-state index in [1.165, 1.54) is 0 Å². The standard InChI is InChI=1S/CH4O.H2O.Y/c1-2;;/h2H,1H3;1H2;. The Bertz CT molecular complexity index is 6.00. The number of hydrogen-bond acceptors (Lipinski definition) is 1. The maximum absolute atomic E-state index is 7.00. The normalized spacial score (nSPS) is 1.50. The smallest absolute Gasteiger partial charge is 0.0319 e. The third kappa shape index (κ3) is 11.8. The van der Waals surface area contributed by atoms with Crippen LogP contribution in [0.15, 0.2) is 0 Å². The molecule has 4 heavy (non-hydrogen) atoms. The van der Waals surface area contributed by atoms with Crippen molar-refractivity contribution in [2.24, 2.45) is 0 Å². The summed E-state index contributed by atoms with van der Waals surface area (Å²) in [5.41, 5.74) is 0. The van der Waals surface area contributed by atoms with Crippen LogP contribution in [0.2, 0.25) is 0 Å². The summed E-state index contributed by atoms with van der Waals surface area (Å²) in [6.07, 6.45) is 0. The van der Waals surface area contributed by atoms with Crippen LogP contribution in [-0.4, -0.2) is 17.7 Å². The van der Waals surface area contributed by atoms with Gasteiger partial charge in [-0.3, -0.25) is 0 Å². The van der Waals surface area contributed by atoms with E-state index in [-0.39, 0.29) is 38.2 Å². The van der Waals surface area contributed by atoms with Gasteiger partial charge in [-0.2, -0.15) is 0 Å². The fourth-order valence-electron chi connectivity index (χ4n) is 0. The van der Waals surface area contributed by atoms with Crippen LogP contribution in [0.4, 0.5) is 0 Å². The third-order valence-electron chi connectivity index (χ3n) is 0. The van der Waals surface area contributed by atoms with E-state index in [1.807, 2.05) is 0 Å². The van der Waals surface area contributed by atoms with Crippen molar-refractivity contribution >= 4 is 0 Å². The first-order valence-corrected chi connectivity index (χ1v) is 0.447. The molecule has 0 aromatic heterocycles. The molecule has 0 aromatic carbocycles. The van der Waals surface area contributed by atoms with Gasteiger partial charge in [-0.1, -0.05) is 0 Å². The van der Waals surface area contributed by atoms with Crippen molar-refractivity contribution in [1.82, 2.24) is 0 Å². The minimum atomic E-state index is 0. The van der Waals surface area contributed by atoms with E-state index in [2.05, 4.69) is 0 Å². The maximum Gasteiger partial charge on any atom is 0.0319 e. The van der Waals surface area contributed by atoms with E-state index in [9.17, 15) is 0 Å². The molecule has 0 fully saturated rings. The topological polar surface area (TPSA) is 51.7 Å². The maximum atomic E-state index is 7.00. The summed E-state index contributed by atoms with van der Waals surface area (Å²) in [6, 6.07) is 0. The van der Waals surface area contributed by atoms with Gasteiger partial charge in [0.1, 0.15) is 0 Å². The Kier molecular flexibility index (Phi) is 174. The fraction of sp³-hybridized carbons (Fsp3) is 1.00. The Labute approximate surface area is 50.4 Å². The molecule has 0 aliphatic heterocycles. The van der Waals surface area contributed by atoms with Crippen molar-refractivity contribution < 1.29 is 43.3 Å². The molecule has 2 nitrogen and oxygen atoms in total. The quantitative estimate of drug-likeness (QED) is 0.449. The molecule has 0 rings (SSSR count). The van der Waals surface area contributed by atoms with E-state index in [0.717, 1.165) is 7.11 Å². The van der Waals surface area contributed by atoms with Gasteiger partial charge in [0.05, 0.1) is 0 Å². The van der Waals surface area contributed by atoms with Crippen molar-refractivity contribution in [3.63, 3.8) is 0 Å². The van der Waals surface area contributed by atoms with E-state index in [1.54, 1.807) is 0 Å². The van der Waals surface area contributed by atoms with Gasteiger partial charge in [-0.15, -0.1) is 0 Å². The van der Waals surface area contributed by atoms with Crippen molar-refractivity contribution in [1.29, 1.82) is 0 Å². The van der Waals surface area contributed by atoms with Crippen molar-refractivity contribution in [2.75, 3.05) is 7.11 Å². The molecule has 0 aliphatic rings. The predicted molar refractivity (Wildman–Crippen MR) is 11.8 cm³/mol. The number of aliphatic hydroxyl groups is 1. The Morgan fingerprint density at radius 3 is 1.25 bits per heavy atom. The second kappa shape index (κ2) is 35.1. The summed E-state index contributed by atoms with van der Waals surface area (Å²) in [4.78, 5) is 0. The molecule has 0 amide bonds. The van der Waals surface area contributed by atoms with Crippen molar-refractivity contribution in [2.45, 2.75) is 0 Å². The summed E-state index contributed by atoms with van der Waals surface area (Å²) >= 11 is 0. The van der Waals surface area contributed by atoms with E-state index < -0.39 is 0 Å². The molecular weight excluding hydrogens is 133 g/mol. The van der Waals surface area contributed by atoms with Crippen LogP contribution in [0.5, 0.6) is 0 Å². The first-order chi connectivity index (χ1) is 1.00. The SMILES string of the molecule is CO.O.[Y]. The fourth-order valence-corrected chi connectivity index (χ4v) is 0. The molecule has 0 aliphatic carbocycles. The van der Waals surface area contributed by atoms with Gasteiger partial charge in [0.25, 0.3) is 0 Å². The minimum absolute atomic E-state index is 0. The summed E-state index contributed by atoms with van der Waals surface area (Å²) in [5.74, 6) is 0. The molecular formula is CH6O2Y. The van der Waals surface area contributed by atoms with Gasteiger partial charge in [0.15, 0.2) is 0 Å². The third-order valence-corrected chi connectivity index (χ3v) is 0. The Hall–Kier alpha value is 1.02. The largest absolute Gasteiger partial charge is 0.412 e. The van der Waals surface area contributed by atoms with Gasteiger partial charge in [0, 0.05) is 39.8 Å². The van der Waals surface area contributed by atoms with Gasteiger partial charge in [0.2, 0.25) is 0 Å². The van der Waals surface area contributed by atoms with Gasteiger partial charge in [-0.05, 0) is 0 Å². The molecule has 0 atom stereocenters. The number of rotatable bonds is 0. The average molecular weight is 139 g/mol. The Balaban J connectivity index is -0.00000000500. The van der Waals surface area contributed by atoms with E-state index in [0.29, 0.717) is 0 Å². The van der Waals surface area contributed by atoms with Crippen molar-refractivity contribution in [3.8, 4) is 0 Å². The van der Waals surface area contributed by atoms with Gasteiger partial charge in [-0.25, -0.2) is 0 Å². The van der Waals surface area contributed by atoms with E-state index in [4.69, 9.17) is 5.11 Å². The van der Waals surface area contributed by atoms with Gasteiger partial charge >= 0.3 is 0 Å². The average Bonchev–Trinajstić information content (AvgIpc) is 1.00. The second-order valence-corrected chi connectivity index (χ2v) is 0. The molecule has 3 N–H and O–H groups in total. The molecule has 25 valence electrons. The van der Waals surface area contributed by atoms with Crippen LogP contribution >= 0.6 is 0 Å². The van der Waals surface area contributed by atoms with Crippen LogP contribution in [0.25, 0.3) is 0 Å². The number of hydrogen-bond donors (Lipinski definition) is 1. The summed E-state index contributed by atoms with van der Waals surface area (Å²) < 4.78 is 0. The summed E-state index contributed by atoms with van der Waals surface area (Å²) in [6.45, 7) is 0. The minimum Gasteiger partial charge on any atom is -0.412 e. The molecule has 3 heteroatoms. The second-order valence-electron chi connectivity index (χ2n) is 0. The van der Waals surface area contributed by atoms with Crippen LogP contribution in [0, 0.1) is 0 Å². The molecule has 0 heterocycles. The van der Waals surface area contributed by atoms with Crippen LogP contribution in [-0.2, 0) is 32.7 Å². The molecule has 0 aromatic rings. The van der Waals surface area contributed by atoms with Crippen molar-refractivity contribution in [3.05, 3.63) is 0 Å². The zero-order chi connectivity index (χ0) is 2.00. The number of aliphatic hydroxyl groups excluding tert-OH is 1. The molecule has 1 radical (unpaired) electrons. The molecule has 0 saturated heterocycles. The summed E-state index contributed by atoms with van der Waals surface area (Å²) in [7, 11) is 1.00. The first-order valence-electron chi connectivity index (χ1n) is 0.447. The summed E-state index contributed by atoms with van der Waals surface area (Å²) in [5, 5.41) is 7.00. The predicted octanol–water partition coefficient (Wildman–Crippen LogP) is -1.22. The zero-order valence-corrected chi connectivity index (χ0v) is 5.36. The Morgan fingerprint density at radius 2 is 1.25 bits per heavy atom. The molecule has 0 saturated carbocycles. The first kappa shape index (κ1) is 19.9. The Morgan fingerprint density at radius 1 is 1.25 bits per heavy atom. The molecule has 0 unspecified atom stereocenters. The monoisotopic (exact) mass is 139 g/mol. The van der Waals surface area contributed by atoms with Crippen LogP contribution in [0.3, 0.4) is 0 Å². The van der Waals surface area contributed by atoms with Crippen LogP contribution in [0.1, 0.15) is 0 Å². The molecule has 0 bridgehead atoms. The zero-order valence-electron chi connectivity index (χ0n) is 2.52. The van der Waals surface area contributed by atoms with Gasteiger partial charge < -0.3 is 10.6 Å². The molecule has 0 spiro atoms. The van der Waals surface area contributed by atoms with Crippen LogP contribution < -0.4 is 0 Å².